The Morgan fingerprint density at radius 3 is 1.12 bits per heavy atom. The SMILES string of the molecule is Cc1cccc(C)c1-c1ccc2ccc3cc4c(c5ccc1c2c35)N(c1cc(C(C)(C)C)cc(C(C)(C)C)c1)c1cc(-c2ccc3c(c2)c2ccccc2n3-c2ccccc2)cc2c1B4c1cc3ccc4ccc(-c5c(C)cccc5C)c5ccc(c1N2c1cc(C(C)(C)C)cc(C(C)(C)C)c1)c3c45. The van der Waals surface area contributed by atoms with Crippen molar-refractivity contribution >= 4 is 144 Å². The van der Waals surface area contributed by atoms with Crippen LogP contribution in [-0.4, -0.2) is 11.3 Å². The Balaban J connectivity index is 1.01. The highest BCUT2D eigenvalue weighted by Gasteiger charge is 2.47. The predicted octanol–water partition coefficient (Wildman–Crippen LogP) is 26.1. The van der Waals surface area contributed by atoms with Crippen molar-refractivity contribution in [1.82, 2.24) is 4.57 Å². The molecule has 104 heavy (non-hydrogen) atoms. The van der Waals surface area contributed by atoms with E-state index >= 15 is 0 Å². The molecule has 19 rings (SSSR count). The zero-order chi connectivity index (χ0) is 71.7. The van der Waals surface area contributed by atoms with Crippen LogP contribution >= 0.6 is 0 Å². The van der Waals surface area contributed by atoms with Crippen LogP contribution in [0.4, 0.5) is 34.1 Å². The summed E-state index contributed by atoms with van der Waals surface area (Å²) >= 11 is 0. The molecule has 0 aliphatic carbocycles. The maximum Gasteiger partial charge on any atom is 0.252 e. The van der Waals surface area contributed by atoms with Crippen LogP contribution < -0.4 is 26.2 Å². The molecule has 16 aromatic carbocycles. The highest BCUT2D eigenvalue weighted by atomic mass is 15.2. The molecule has 0 radical (unpaired) electrons. The predicted molar refractivity (Wildman–Crippen MR) is 452 cm³/mol. The molecular weight excluding hydrogens is 1250 g/mol. The second-order valence-electron chi connectivity index (χ2n) is 34.7. The van der Waals surface area contributed by atoms with Gasteiger partial charge in [-0.25, -0.2) is 0 Å². The number of anilines is 6. The number of fused-ring (bicyclic) bond motifs is 9. The minimum atomic E-state index is -0.210. The van der Waals surface area contributed by atoms with E-state index < -0.39 is 0 Å². The zero-order valence-electron chi connectivity index (χ0n) is 63.0. The van der Waals surface area contributed by atoms with Gasteiger partial charge in [0.15, 0.2) is 0 Å². The molecule has 0 amide bonds. The maximum absolute atomic E-state index is 2.77. The van der Waals surface area contributed by atoms with Crippen molar-refractivity contribution in [2.24, 2.45) is 0 Å². The first-order chi connectivity index (χ1) is 49.8. The first kappa shape index (κ1) is 63.9. The quantitative estimate of drug-likeness (QED) is 0.121. The number of rotatable bonds is 6. The lowest BCUT2D eigenvalue weighted by molar-refractivity contribution is 0.568. The summed E-state index contributed by atoms with van der Waals surface area (Å²) in [6.07, 6.45) is 0. The molecule has 1 aromatic heterocycles. The molecule has 2 aliphatic heterocycles. The van der Waals surface area contributed by atoms with Crippen molar-refractivity contribution in [3.8, 4) is 39.1 Å². The van der Waals surface area contributed by atoms with Gasteiger partial charge in [-0.3, -0.25) is 0 Å². The Morgan fingerprint density at radius 2 is 0.673 bits per heavy atom. The second kappa shape index (κ2) is 22.3. The van der Waals surface area contributed by atoms with Crippen LogP contribution in [0.1, 0.15) is 128 Å². The van der Waals surface area contributed by atoms with E-state index in [9.17, 15) is 0 Å². The van der Waals surface area contributed by atoms with E-state index in [1.807, 2.05) is 0 Å². The fraction of sp³-hybridized carbons (Fsp3) is 0.200. The van der Waals surface area contributed by atoms with Gasteiger partial charge in [0.2, 0.25) is 0 Å². The molecule has 0 unspecified atom stereocenters. The molecule has 2 aliphatic rings. The summed E-state index contributed by atoms with van der Waals surface area (Å²) in [7, 11) is 0. The molecule has 3 heterocycles. The molecule has 4 heteroatoms. The van der Waals surface area contributed by atoms with Crippen LogP contribution in [0.3, 0.4) is 0 Å². The van der Waals surface area contributed by atoms with Crippen LogP contribution in [0.25, 0.3) is 126 Å². The van der Waals surface area contributed by atoms with Crippen molar-refractivity contribution in [3.63, 3.8) is 0 Å². The smallest absolute Gasteiger partial charge is 0.252 e. The lowest BCUT2D eigenvalue weighted by Gasteiger charge is -2.46. The first-order valence-electron chi connectivity index (χ1n) is 37.6. The molecule has 0 atom stereocenters. The van der Waals surface area contributed by atoms with Crippen molar-refractivity contribution in [2.45, 2.75) is 132 Å². The van der Waals surface area contributed by atoms with Crippen molar-refractivity contribution in [3.05, 3.63) is 287 Å². The summed E-state index contributed by atoms with van der Waals surface area (Å²) in [6.45, 7) is 37.6. The molecule has 3 nitrogen and oxygen atoms in total. The van der Waals surface area contributed by atoms with Gasteiger partial charge in [0.1, 0.15) is 0 Å². The van der Waals surface area contributed by atoms with E-state index in [1.165, 1.54) is 209 Å². The average Bonchev–Trinajstić information content (AvgIpc) is 0.747. The minimum absolute atomic E-state index is 0.169. The van der Waals surface area contributed by atoms with Crippen molar-refractivity contribution in [2.75, 3.05) is 9.80 Å². The third kappa shape index (κ3) is 9.49. The van der Waals surface area contributed by atoms with Gasteiger partial charge in [0, 0.05) is 61.4 Å². The van der Waals surface area contributed by atoms with Gasteiger partial charge >= 0.3 is 0 Å². The Morgan fingerprint density at radius 1 is 0.279 bits per heavy atom. The van der Waals surface area contributed by atoms with Crippen LogP contribution in [0.5, 0.6) is 0 Å². The Labute approximate surface area is 612 Å². The van der Waals surface area contributed by atoms with E-state index in [1.54, 1.807) is 0 Å². The van der Waals surface area contributed by atoms with Gasteiger partial charge in [0.05, 0.1) is 11.0 Å². The Kier molecular flexibility index (Phi) is 13.7. The van der Waals surface area contributed by atoms with Gasteiger partial charge in [-0.05, 0) is 264 Å². The summed E-state index contributed by atoms with van der Waals surface area (Å²) in [5, 5.41) is 17.8. The van der Waals surface area contributed by atoms with E-state index in [4.69, 9.17) is 0 Å². The number of nitrogens with zero attached hydrogens (tertiary/aromatic N) is 3. The Bertz CT molecular complexity index is 6090. The standard InChI is InChI=1S/C100H88BN3/c1-57-24-22-25-58(2)88(57)75-39-36-61-32-34-64-47-82-95(79-43-41-77(75)90(61)92(64)79)103(72-53-67(97(5,6)7)51-68(54-72)98(8,9)10)86-49-66(63-38-45-85-81(46-63)74-30-20-21-31-84(74)102(85)71-28-18-17-19-29-71)50-87-94(86)101(82)83-48-65-35-33-62-37-40-76(89-59(3)26-23-27-60(89)4)78-42-44-80(93(65)91(62)78)96(83)104(87)73-55-69(99(11,12)13)52-70(56-73)100(14,15)16/h17-56H,1-16H3. The Hall–Kier alpha value is -10.9. The van der Waals surface area contributed by atoms with Gasteiger partial charge < -0.3 is 14.4 Å². The highest BCUT2D eigenvalue weighted by Crippen LogP contribution is 2.55. The maximum atomic E-state index is 2.77. The molecule has 0 spiro atoms. The largest absolute Gasteiger partial charge is 0.311 e. The molecule has 0 fully saturated rings. The summed E-state index contributed by atoms with van der Waals surface area (Å²) in [5.74, 6) is 0. The molecule has 0 saturated heterocycles. The first-order valence-corrected chi connectivity index (χ1v) is 37.6. The molecule has 0 saturated carbocycles. The van der Waals surface area contributed by atoms with E-state index in [0.717, 1.165) is 11.3 Å². The van der Waals surface area contributed by atoms with Crippen LogP contribution in [0, 0.1) is 27.7 Å². The summed E-state index contributed by atoms with van der Waals surface area (Å²) < 4.78 is 2.45. The number of hydrogen-bond donors (Lipinski definition) is 0. The third-order valence-corrected chi connectivity index (χ3v) is 23.9. The number of benzene rings is 16. The van der Waals surface area contributed by atoms with Crippen LogP contribution in [-0.2, 0) is 21.7 Å². The second-order valence-corrected chi connectivity index (χ2v) is 34.7. The molecule has 0 N–H and O–H groups in total. The van der Waals surface area contributed by atoms with E-state index in [-0.39, 0.29) is 28.4 Å². The lowest BCUT2D eigenvalue weighted by Crippen LogP contribution is -2.61. The lowest BCUT2D eigenvalue weighted by atomic mass is 9.33. The number of hydrogen-bond acceptors (Lipinski definition) is 2. The minimum Gasteiger partial charge on any atom is -0.311 e. The fourth-order valence-electron chi connectivity index (χ4n) is 18.6. The van der Waals surface area contributed by atoms with Gasteiger partial charge in [-0.2, -0.15) is 0 Å². The van der Waals surface area contributed by atoms with E-state index in [2.05, 4.69) is 368 Å². The monoisotopic (exact) mass is 1340 g/mol. The third-order valence-electron chi connectivity index (χ3n) is 23.9. The summed E-state index contributed by atoms with van der Waals surface area (Å²) in [5.41, 5.74) is 32.0. The molecule has 506 valence electrons. The molecular formula is C100H88BN3. The van der Waals surface area contributed by atoms with Crippen LogP contribution in [0.15, 0.2) is 243 Å². The van der Waals surface area contributed by atoms with Gasteiger partial charge in [-0.15, -0.1) is 0 Å². The number of aromatic nitrogens is 1. The molecule has 0 bridgehead atoms. The summed E-state index contributed by atoms with van der Waals surface area (Å²) in [6, 6.07) is 95.7. The number of para-hydroxylation sites is 2. The van der Waals surface area contributed by atoms with Crippen molar-refractivity contribution < 1.29 is 0 Å². The highest BCUT2D eigenvalue weighted by molar-refractivity contribution is 7.01. The normalized spacial score (nSPS) is 13.5. The van der Waals surface area contributed by atoms with E-state index in [0.29, 0.717) is 0 Å². The summed E-state index contributed by atoms with van der Waals surface area (Å²) in [4.78, 5) is 5.54. The zero-order valence-corrected chi connectivity index (χ0v) is 63.0. The number of aryl methyl sites for hydroxylation is 4. The van der Waals surface area contributed by atoms with Crippen LogP contribution in [0.2, 0.25) is 0 Å². The fourth-order valence-corrected chi connectivity index (χ4v) is 18.6. The van der Waals surface area contributed by atoms with Gasteiger partial charge in [-0.1, -0.05) is 259 Å². The topological polar surface area (TPSA) is 11.4 Å². The van der Waals surface area contributed by atoms with Gasteiger partial charge in [0.25, 0.3) is 6.71 Å². The average molecular weight is 1340 g/mol. The van der Waals surface area contributed by atoms with Crippen molar-refractivity contribution in [1.29, 1.82) is 0 Å². The molecule has 17 aromatic rings.